The number of benzene rings is 2. The molecule has 0 aliphatic heterocycles. The highest BCUT2D eigenvalue weighted by Crippen LogP contribution is 2.29. The number of rotatable bonds is 10. The fourth-order valence-electron chi connectivity index (χ4n) is 4.65. The first-order valence-corrected chi connectivity index (χ1v) is 12.8. The maximum Gasteiger partial charge on any atom is 0.451 e. The molecule has 0 spiro atoms. The summed E-state index contributed by atoms with van der Waals surface area (Å²) in [6.07, 6.45) is -1.49. The van der Waals surface area contributed by atoms with Crippen LogP contribution in [0.25, 0.3) is 10.9 Å². The number of amides is 2. The number of fused-ring (bicyclic) bond motifs is 1. The Labute approximate surface area is 233 Å². The number of halogens is 3. The van der Waals surface area contributed by atoms with E-state index in [1.54, 1.807) is 41.8 Å². The van der Waals surface area contributed by atoms with E-state index in [0.29, 0.717) is 40.7 Å². The van der Waals surface area contributed by atoms with Crippen molar-refractivity contribution in [2.75, 3.05) is 12.4 Å². The minimum Gasteiger partial charge on any atom is -0.481 e. The van der Waals surface area contributed by atoms with Crippen LogP contribution < -0.4 is 10.6 Å². The molecule has 3 N–H and O–H groups in total. The first-order chi connectivity index (χ1) is 19.4. The predicted octanol–water partition coefficient (Wildman–Crippen LogP) is 4.57. The van der Waals surface area contributed by atoms with E-state index in [-0.39, 0.29) is 18.9 Å². The van der Waals surface area contributed by atoms with Crippen molar-refractivity contribution in [1.82, 2.24) is 24.6 Å². The van der Waals surface area contributed by atoms with E-state index in [0.717, 1.165) is 22.0 Å². The zero-order valence-corrected chi connectivity index (χ0v) is 22.6. The number of aromatic nitrogens is 4. The van der Waals surface area contributed by atoms with Gasteiger partial charge in [0.15, 0.2) is 0 Å². The smallest absolute Gasteiger partial charge is 0.451 e. The Bertz CT molecular complexity index is 1610. The van der Waals surface area contributed by atoms with Crippen molar-refractivity contribution in [3.8, 4) is 0 Å². The molecule has 0 radical (unpaired) electrons. The Kier molecular flexibility index (Phi) is 8.45. The second kappa shape index (κ2) is 11.8. The molecule has 10 nitrogen and oxygen atoms in total. The summed E-state index contributed by atoms with van der Waals surface area (Å²) in [6.45, 7) is 3.35. The fraction of sp³-hybridized carbons (Fsp3) is 0.321. The van der Waals surface area contributed by atoms with E-state index in [1.165, 1.54) is 7.05 Å². The number of aliphatic carboxylic acids is 1. The van der Waals surface area contributed by atoms with Crippen molar-refractivity contribution in [2.45, 2.75) is 51.9 Å². The van der Waals surface area contributed by atoms with E-state index in [9.17, 15) is 27.6 Å². The number of aryl methyl sites for hydroxylation is 2. The average molecular weight is 571 g/mol. The molecule has 1 atom stereocenters. The molecule has 2 amide bonds. The number of nitrogens with zero attached hydrogens (tertiary/aromatic N) is 4. The van der Waals surface area contributed by atoms with Crippen LogP contribution >= 0.6 is 0 Å². The highest BCUT2D eigenvalue weighted by atomic mass is 19.4. The minimum absolute atomic E-state index is 0.0816. The fourth-order valence-corrected chi connectivity index (χ4v) is 4.65. The van der Waals surface area contributed by atoms with Gasteiger partial charge in [0.1, 0.15) is 12.4 Å². The van der Waals surface area contributed by atoms with Crippen molar-refractivity contribution in [2.24, 2.45) is 0 Å². The molecular formula is C28H29F3N6O4. The molecule has 41 heavy (non-hydrogen) atoms. The molecular weight excluding hydrogens is 541 g/mol. The monoisotopic (exact) mass is 570 g/mol. The lowest BCUT2D eigenvalue weighted by Crippen LogP contribution is -2.24. The van der Waals surface area contributed by atoms with Gasteiger partial charge in [0.05, 0.1) is 6.54 Å². The van der Waals surface area contributed by atoms with Gasteiger partial charge in [0.2, 0.25) is 11.7 Å². The van der Waals surface area contributed by atoms with Crippen molar-refractivity contribution in [3.05, 3.63) is 77.0 Å². The van der Waals surface area contributed by atoms with Gasteiger partial charge in [-0.2, -0.15) is 18.3 Å². The van der Waals surface area contributed by atoms with Crippen LogP contribution in [0.2, 0.25) is 0 Å². The molecule has 13 heteroatoms. The van der Waals surface area contributed by atoms with Crippen molar-refractivity contribution < 1.29 is 32.7 Å². The summed E-state index contributed by atoms with van der Waals surface area (Å²) in [7, 11) is 1.53. The molecule has 0 fully saturated rings. The molecule has 0 bridgehead atoms. The van der Waals surface area contributed by atoms with Gasteiger partial charge < -0.3 is 20.3 Å². The SMILES string of the molecule is CNC(=O)c1ccc2c(C)cn(C(C)C(=O)Nc3cc(Cn4ncnc4C(F)(F)F)ccc3CCCC(=O)O)c2c1. The van der Waals surface area contributed by atoms with E-state index in [1.807, 2.05) is 19.2 Å². The van der Waals surface area contributed by atoms with Crippen LogP contribution in [0.15, 0.2) is 48.9 Å². The Morgan fingerprint density at radius 2 is 1.88 bits per heavy atom. The number of carboxylic acid groups (broad SMARTS) is 1. The van der Waals surface area contributed by atoms with Crippen LogP contribution in [0.4, 0.5) is 18.9 Å². The van der Waals surface area contributed by atoms with Crippen LogP contribution in [0.5, 0.6) is 0 Å². The lowest BCUT2D eigenvalue weighted by atomic mass is 10.0. The minimum atomic E-state index is -4.69. The van der Waals surface area contributed by atoms with E-state index in [4.69, 9.17) is 5.11 Å². The van der Waals surface area contributed by atoms with Crippen molar-refractivity contribution in [1.29, 1.82) is 0 Å². The number of hydrogen-bond donors (Lipinski definition) is 3. The highest BCUT2D eigenvalue weighted by molar-refractivity contribution is 6.00. The molecule has 2 heterocycles. The molecule has 4 aromatic rings. The molecule has 0 saturated carbocycles. The third-order valence-electron chi connectivity index (χ3n) is 6.79. The summed E-state index contributed by atoms with van der Waals surface area (Å²) in [5.74, 6) is -2.77. The Hall–Kier alpha value is -4.68. The average Bonchev–Trinajstić information content (AvgIpc) is 3.53. The van der Waals surface area contributed by atoms with Gasteiger partial charge >= 0.3 is 12.1 Å². The lowest BCUT2D eigenvalue weighted by molar-refractivity contribution is -0.147. The van der Waals surface area contributed by atoms with Crippen LogP contribution in [0.3, 0.4) is 0 Å². The number of nitrogens with one attached hydrogen (secondary N) is 2. The van der Waals surface area contributed by atoms with Gasteiger partial charge in [-0.3, -0.25) is 14.4 Å². The summed E-state index contributed by atoms with van der Waals surface area (Å²) >= 11 is 0. The van der Waals surface area contributed by atoms with Crippen LogP contribution in [0, 0.1) is 6.92 Å². The number of carboxylic acids is 1. The maximum atomic E-state index is 13.5. The van der Waals surface area contributed by atoms with Crippen LogP contribution in [0.1, 0.15) is 58.7 Å². The van der Waals surface area contributed by atoms with Gasteiger partial charge in [-0.1, -0.05) is 18.2 Å². The zero-order valence-electron chi connectivity index (χ0n) is 22.6. The van der Waals surface area contributed by atoms with Crippen molar-refractivity contribution >= 4 is 34.4 Å². The second-order valence-corrected chi connectivity index (χ2v) is 9.67. The maximum absolute atomic E-state index is 13.5. The molecule has 0 aliphatic carbocycles. The topological polar surface area (TPSA) is 131 Å². The quantitative estimate of drug-likeness (QED) is 0.256. The number of hydrogen-bond acceptors (Lipinski definition) is 5. The molecule has 0 saturated heterocycles. The van der Waals surface area contributed by atoms with Gasteiger partial charge in [0, 0.05) is 41.8 Å². The van der Waals surface area contributed by atoms with Crippen LogP contribution in [-0.4, -0.2) is 49.3 Å². The Balaban J connectivity index is 1.65. The van der Waals surface area contributed by atoms with E-state index >= 15 is 0 Å². The third-order valence-corrected chi connectivity index (χ3v) is 6.79. The molecule has 1 unspecified atom stereocenters. The molecule has 0 aliphatic rings. The molecule has 2 aromatic carbocycles. The van der Waals surface area contributed by atoms with Gasteiger partial charge in [-0.05, 0) is 61.6 Å². The molecule has 216 valence electrons. The van der Waals surface area contributed by atoms with E-state index in [2.05, 4.69) is 20.7 Å². The summed E-state index contributed by atoms with van der Waals surface area (Å²) in [5.41, 5.74) is 3.47. The predicted molar refractivity (Wildman–Crippen MR) is 145 cm³/mol. The zero-order chi connectivity index (χ0) is 29.9. The second-order valence-electron chi connectivity index (χ2n) is 9.67. The summed E-state index contributed by atoms with van der Waals surface area (Å²) in [4.78, 5) is 40.0. The third kappa shape index (κ3) is 6.56. The summed E-state index contributed by atoms with van der Waals surface area (Å²) < 4.78 is 42.4. The standard InChI is InChI=1S/C28H29F3N6O4/c1-16-13-36(23-12-20(26(41)32-3)9-10-21(16)23)17(2)25(40)35-22-11-18(7-8-19(22)5-4-6-24(38)39)14-37-27(28(29,30)31)33-15-34-37/h7-13,15,17H,4-6,14H2,1-3H3,(H,32,41)(H,35,40)(H,38,39). The number of carbonyl (C=O) groups is 3. The number of carbonyl (C=O) groups excluding carboxylic acids is 2. The summed E-state index contributed by atoms with van der Waals surface area (Å²) in [5, 5.41) is 19.1. The number of alkyl halides is 3. The lowest BCUT2D eigenvalue weighted by Gasteiger charge is -2.19. The molecule has 2 aromatic heterocycles. The largest absolute Gasteiger partial charge is 0.481 e. The normalized spacial score (nSPS) is 12.3. The van der Waals surface area contributed by atoms with Gasteiger partial charge in [0.25, 0.3) is 5.91 Å². The molecule has 4 rings (SSSR count). The number of anilines is 1. The van der Waals surface area contributed by atoms with Gasteiger partial charge in [-0.15, -0.1) is 0 Å². The first kappa shape index (κ1) is 29.3. The Morgan fingerprint density at radius 1 is 1.12 bits per heavy atom. The van der Waals surface area contributed by atoms with Crippen molar-refractivity contribution in [3.63, 3.8) is 0 Å². The summed E-state index contributed by atoms with van der Waals surface area (Å²) in [6, 6.07) is 9.34. The van der Waals surface area contributed by atoms with E-state index < -0.39 is 29.9 Å². The highest BCUT2D eigenvalue weighted by Gasteiger charge is 2.37. The first-order valence-electron chi connectivity index (χ1n) is 12.8. The van der Waals surface area contributed by atoms with Gasteiger partial charge in [-0.25, -0.2) is 9.67 Å². The Morgan fingerprint density at radius 3 is 2.56 bits per heavy atom. The van der Waals surface area contributed by atoms with Crippen LogP contribution in [-0.2, 0) is 28.7 Å².